The van der Waals surface area contributed by atoms with Crippen LogP contribution in [0.4, 0.5) is 5.69 Å². The van der Waals surface area contributed by atoms with Crippen molar-refractivity contribution in [1.82, 2.24) is 4.72 Å². The third kappa shape index (κ3) is 5.32. The maximum absolute atomic E-state index is 12.5. The minimum Gasteiger partial charge on any atom is -0.484 e. The predicted molar refractivity (Wildman–Crippen MR) is 107 cm³/mol. The van der Waals surface area contributed by atoms with Gasteiger partial charge >= 0.3 is 10.0 Å². The largest absolute Gasteiger partial charge is 0.484 e. The van der Waals surface area contributed by atoms with Gasteiger partial charge in [0.25, 0.3) is 11.7 Å². The van der Waals surface area contributed by atoms with E-state index < -0.39 is 10.0 Å². The van der Waals surface area contributed by atoms with Crippen LogP contribution >= 0.6 is 0 Å². The molecule has 2 aromatic rings. The average molecular weight is 402 g/mol. The molecular formula is C20H24N3O4S+. The lowest BCUT2D eigenvalue weighted by Crippen LogP contribution is -2.72. The lowest BCUT2D eigenvalue weighted by molar-refractivity contribution is -0.448. The first-order chi connectivity index (χ1) is 13.3. The molecule has 1 aliphatic rings. The Morgan fingerprint density at radius 2 is 1.89 bits per heavy atom. The molecule has 3 rings (SSSR count). The maximum Gasteiger partial charge on any atom is 0.328 e. The number of aryl methyl sites for hydroxylation is 2. The van der Waals surface area contributed by atoms with E-state index in [-0.39, 0.29) is 17.4 Å². The van der Waals surface area contributed by atoms with Crippen LogP contribution in [-0.4, -0.2) is 33.3 Å². The second-order valence-corrected chi connectivity index (χ2v) is 8.48. The Labute approximate surface area is 164 Å². The molecular weight excluding hydrogens is 378 g/mol. The van der Waals surface area contributed by atoms with Crippen LogP contribution in [-0.2, 0) is 14.8 Å². The molecule has 1 heterocycles. The molecule has 8 heteroatoms. The Morgan fingerprint density at radius 1 is 1.14 bits per heavy atom. The van der Waals surface area contributed by atoms with Crippen LogP contribution in [0.5, 0.6) is 5.75 Å². The number of rotatable bonds is 6. The second-order valence-electron chi connectivity index (χ2n) is 6.80. The van der Waals surface area contributed by atoms with Gasteiger partial charge in [0.05, 0.1) is 13.0 Å². The summed E-state index contributed by atoms with van der Waals surface area (Å²) in [4.78, 5) is 15.3. The highest BCUT2D eigenvalue weighted by Crippen LogP contribution is 2.17. The van der Waals surface area contributed by atoms with Gasteiger partial charge in [0.2, 0.25) is 0 Å². The Kier molecular flexibility index (Phi) is 5.99. The van der Waals surface area contributed by atoms with Gasteiger partial charge in [-0.05, 0) is 61.7 Å². The minimum atomic E-state index is -3.70. The van der Waals surface area contributed by atoms with E-state index >= 15 is 0 Å². The number of hydrogen-bond acceptors (Lipinski definition) is 4. The van der Waals surface area contributed by atoms with E-state index in [1.807, 2.05) is 32.0 Å². The fourth-order valence-corrected chi connectivity index (χ4v) is 4.16. The van der Waals surface area contributed by atoms with Crippen LogP contribution in [0.15, 0.2) is 47.4 Å². The van der Waals surface area contributed by atoms with E-state index in [4.69, 9.17) is 4.74 Å². The number of hydrogen-bond donors (Lipinski definition) is 3. The quantitative estimate of drug-likeness (QED) is 0.668. The highest BCUT2D eigenvalue weighted by Gasteiger charge is 2.24. The van der Waals surface area contributed by atoms with E-state index in [9.17, 15) is 13.2 Å². The van der Waals surface area contributed by atoms with E-state index in [1.165, 1.54) is 12.1 Å². The molecule has 148 valence electrons. The summed E-state index contributed by atoms with van der Waals surface area (Å²) in [6.45, 7) is 4.51. The van der Waals surface area contributed by atoms with E-state index in [2.05, 4.69) is 15.0 Å². The van der Waals surface area contributed by atoms with Crippen molar-refractivity contribution in [3.8, 4) is 5.75 Å². The summed E-state index contributed by atoms with van der Waals surface area (Å²) >= 11 is 0. The summed E-state index contributed by atoms with van der Waals surface area (Å²) in [6.07, 6.45) is 1.57. The monoisotopic (exact) mass is 402 g/mol. The van der Waals surface area contributed by atoms with Crippen LogP contribution in [0.3, 0.4) is 0 Å². The van der Waals surface area contributed by atoms with Crippen molar-refractivity contribution in [2.45, 2.75) is 31.6 Å². The van der Waals surface area contributed by atoms with Crippen LogP contribution in [0.2, 0.25) is 0 Å². The topological polar surface area (TPSA) is 98.5 Å². The van der Waals surface area contributed by atoms with Crippen LogP contribution in [0, 0.1) is 13.8 Å². The smallest absolute Gasteiger partial charge is 0.328 e. The van der Waals surface area contributed by atoms with Gasteiger partial charge in [0, 0.05) is 5.69 Å². The zero-order valence-corrected chi connectivity index (χ0v) is 16.7. The van der Waals surface area contributed by atoms with Gasteiger partial charge in [-0.1, -0.05) is 12.1 Å². The highest BCUT2D eigenvalue weighted by atomic mass is 32.2. The van der Waals surface area contributed by atoms with Crippen molar-refractivity contribution < 1.29 is 22.9 Å². The first-order valence-electron chi connectivity index (χ1n) is 9.05. The Hall–Kier alpha value is -2.87. The molecule has 0 aliphatic carbocycles. The molecule has 0 saturated carbocycles. The van der Waals surface area contributed by atoms with Crippen molar-refractivity contribution in [3.05, 3.63) is 53.6 Å². The second kappa shape index (κ2) is 8.43. The molecule has 0 spiro atoms. The van der Waals surface area contributed by atoms with Crippen molar-refractivity contribution in [3.63, 3.8) is 0 Å². The van der Waals surface area contributed by atoms with Gasteiger partial charge in [-0.3, -0.25) is 9.79 Å². The van der Waals surface area contributed by atoms with Gasteiger partial charge in [-0.25, -0.2) is 0 Å². The Bertz CT molecular complexity index is 996. The molecule has 2 aromatic carbocycles. The minimum absolute atomic E-state index is 0.0849. The number of anilines is 1. The number of benzene rings is 2. The highest BCUT2D eigenvalue weighted by molar-refractivity contribution is 7.90. The zero-order chi connectivity index (χ0) is 20.1. The normalized spacial score (nSPS) is 13.7. The summed E-state index contributed by atoms with van der Waals surface area (Å²) in [6, 6.07) is 11.9. The van der Waals surface area contributed by atoms with E-state index in [0.29, 0.717) is 23.7 Å². The SMILES string of the molecule is Cc1cc(C)cc(OCC(=O)Nc2cccc(S(=O)(=O)NC3=[NH+]CCC3)c2)c1. The number of sulfonamides is 1. The van der Waals surface area contributed by atoms with Crippen molar-refractivity contribution >= 4 is 27.5 Å². The molecule has 0 bridgehead atoms. The molecule has 0 unspecified atom stereocenters. The first kappa shape index (κ1) is 19.9. The fourth-order valence-electron chi connectivity index (χ4n) is 3.00. The number of nitrogens with one attached hydrogen (secondary N) is 3. The molecule has 7 nitrogen and oxygen atoms in total. The third-order valence-electron chi connectivity index (χ3n) is 4.19. The van der Waals surface area contributed by atoms with Crippen LogP contribution in [0.1, 0.15) is 24.0 Å². The van der Waals surface area contributed by atoms with Crippen molar-refractivity contribution in [2.75, 3.05) is 18.5 Å². The number of carbonyl (C=O) groups is 1. The van der Waals surface area contributed by atoms with E-state index in [0.717, 1.165) is 24.1 Å². The molecule has 1 aliphatic heterocycles. The lowest BCUT2D eigenvalue weighted by atomic mass is 10.1. The number of amides is 1. The van der Waals surface area contributed by atoms with Gasteiger partial charge in [-0.15, -0.1) is 0 Å². The third-order valence-corrected chi connectivity index (χ3v) is 5.58. The van der Waals surface area contributed by atoms with Gasteiger partial charge in [0.15, 0.2) is 6.61 Å². The summed E-state index contributed by atoms with van der Waals surface area (Å²) in [7, 11) is -3.70. The standard InChI is InChI=1S/C20H23N3O4S/c1-14-9-15(2)11-17(10-14)27-13-20(24)22-16-5-3-6-18(12-16)28(25,26)23-19-7-4-8-21-19/h3,5-6,9-12H,4,7-8,13H2,1-2H3,(H,21,23)(H,22,24)/p+1. The predicted octanol–water partition coefficient (Wildman–Crippen LogP) is 0.872. The van der Waals surface area contributed by atoms with Crippen LogP contribution in [0.25, 0.3) is 0 Å². The molecule has 1 amide bonds. The average Bonchev–Trinajstić information content (AvgIpc) is 3.12. The zero-order valence-electron chi connectivity index (χ0n) is 15.9. The summed E-state index contributed by atoms with van der Waals surface area (Å²) in [5, 5.41) is 2.67. The fraction of sp³-hybridized carbons (Fsp3) is 0.300. The molecule has 3 N–H and O–H groups in total. The molecule has 28 heavy (non-hydrogen) atoms. The van der Waals surface area contributed by atoms with Gasteiger partial charge in [-0.2, -0.15) is 13.1 Å². The van der Waals surface area contributed by atoms with Crippen molar-refractivity contribution in [1.29, 1.82) is 0 Å². The van der Waals surface area contributed by atoms with Crippen LogP contribution < -0.4 is 19.8 Å². The Balaban J connectivity index is 1.62. The molecule has 0 aromatic heterocycles. The van der Waals surface area contributed by atoms with Crippen molar-refractivity contribution in [2.24, 2.45) is 0 Å². The van der Waals surface area contributed by atoms with Gasteiger partial charge in [0.1, 0.15) is 10.6 Å². The summed E-state index contributed by atoms with van der Waals surface area (Å²) in [5.74, 6) is 0.846. The van der Waals surface area contributed by atoms with E-state index in [1.54, 1.807) is 12.1 Å². The number of amidine groups is 1. The molecule has 0 radical (unpaired) electrons. The number of ether oxygens (including phenoxy) is 1. The van der Waals surface area contributed by atoms with Gasteiger partial charge < -0.3 is 10.1 Å². The summed E-state index contributed by atoms with van der Waals surface area (Å²) in [5.41, 5.74) is 2.49. The Morgan fingerprint density at radius 3 is 2.57 bits per heavy atom. The molecule has 0 atom stereocenters. The maximum atomic E-state index is 12.5. The molecule has 0 fully saturated rings. The number of carbonyl (C=O) groups excluding carboxylic acids is 1. The summed E-state index contributed by atoms with van der Waals surface area (Å²) < 4.78 is 33.1. The lowest BCUT2D eigenvalue weighted by Gasteiger charge is -2.10. The molecule has 0 saturated heterocycles. The first-order valence-corrected chi connectivity index (χ1v) is 10.5.